The molecule has 4 rings (SSSR count). The first-order chi connectivity index (χ1) is 12.7. The lowest BCUT2D eigenvalue weighted by molar-refractivity contribution is -0.914. The van der Waals surface area contributed by atoms with E-state index in [-0.39, 0.29) is 11.9 Å². The van der Waals surface area contributed by atoms with Gasteiger partial charge in [-0.3, -0.25) is 4.79 Å². The molecule has 1 fully saturated rings. The number of piperazine rings is 1. The highest BCUT2D eigenvalue weighted by Gasteiger charge is 2.32. The maximum absolute atomic E-state index is 12.9. The largest absolute Gasteiger partial charge is 0.339 e. The molecule has 136 valence electrons. The minimum Gasteiger partial charge on any atom is -0.339 e. The van der Waals surface area contributed by atoms with Crippen molar-refractivity contribution in [3.63, 3.8) is 0 Å². The highest BCUT2D eigenvalue weighted by atomic mass is 16.2. The number of fused-ring (bicyclic) bond motifs is 1. The fraction of sp³-hybridized carbons (Fsp3) is 0.450. The molecule has 0 spiro atoms. The number of nitrogens with one attached hydrogen (secondary N) is 1. The molecule has 1 saturated heterocycles. The van der Waals surface area contributed by atoms with E-state index in [4.69, 9.17) is 0 Å². The van der Waals surface area contributed by atoms with Crippen LogP contribution in [0, 0.1) is 0 Å². The van der Waals surface area contributed by atoms with Gasteiger partial charge in [0.05, 0.1) is 20.0 Å². The Morgan fingerprint density at radius 1 is 1.12 bits per heavy atom. The second-order valence-corrected chi connectivity index (χ2v) is 7.22. The van der Waals surface area contributed by atoms with Crippen LogP contribution >= 0.6 is 0 Å². The van der Waals surface area contributed by atoms with Crippen LogP contribution in [0.25, 0.3) is 0 Å². The summed E-state index contributed by atoms with van der Waals surface area (Å²) in [6, 6.07) is 10.7. The molecule has 1 aromatic heterocycles. The van der Waals surface area contributed by atoms with Gasteiger partial charge in [0.2, 0.25) is 11.9 Å². The van der Waals surface area contributed by atoms with Crippen LogP contribution in [0.5, 0.6) is 0 Å². The van der Waals surface area contributed by atoms with E-state index >= 15 is 0 Å². The Kier molecular flexibility index (Phi) is 4.84. The molecule has 1 amide bonds. The van der Waals surface area contributed by atoms with Gasteiger partial charge in [0, 0.05) is 50.6 Å². The molecule has 0 saturated carbocycles. The number of aromatic nitrogens is 2. The first kappa shape index (κ1) is 17.0. The number of rotatable bonds is 3. The maximum Gasteiger partial charge on any atom is 0.229 e. The van der Waals surface area contributed by atoms with E-state index < -0.39 is 0 Å². The smallest absolute Gasteiger partial charge is 0.229 e. The second kappa shape index (κ2) is 7.41. The number of likely N-dealkylation sites (N-methyl/N-ethyl adjacent to an activating group) is 1. The van der Waals surface area contributed by atoms with Crippen molar-refractivity contribution in [3.8, 4) is 0 Å². The Balaban J connectivity index is 1.39. The molecule has 2 aliphatic heterocycles. The zero-order valence-corrected chi connectivity index (χ0v) is 15.3. The molecule has 6 nitrogen and oxygen atoms in total. The fourth-order valence-corrected chi connectivity index (χ4v) is 4.07. The number of anilines is 1. The summed E-state index contributed by atoms with van der Waals surface area (Å²) >= 11 is 0. The van der Waals surface area contributed by atoms with Gasteiger partial charge in [-0.05, 0) is 11.6 Å². The lowest BCUT2D eigenvalue weighted by Crippen LogP contribution is -3.10. The maximum atomic E-state index is 12.9. The molecule has 2 aliphatic rings. The summed E-state index contributed by atoms with van der Waals surface area (Å²) in [5.74, 6) is 1.02. The Hall–Kier alpha value is -2.47. The second-order valence-electron chi connectivity index (χ2n) is 7.22. The summed E-state index contributed by atoms with van der Waals surface area (Å²) in [6.07, 6.45) is 5.21. The number of hydrogen-bond acceptors (Lipinski definition) is 4. The zero-order valence-electron chi connectivity index (χ0n) is 15.3. The molecule has 26 heavy (non-hydrogen) atoms. The number of nitrogens with zero attached hydrogens (tertiary/aromatic N) is 4. The minimum absolute atomic E-state index is 0.264. The Morgan fingerprint density at radius 3 is 2.62 bits per heavy atom. The Bertz CT molecular complexity index is 758. The summed E-state index contributed by atoms with van der Waals surface area (Å²) in [4.78, 5) is 27.1. The predicted octanol–water partition coefficient (Wildman–Crippen LogP) is 0.327. The lowest BCUT2D eigenvalue weighted by atomic mass is 9.91. The van der Waals surface area contributed by atoms with Crippen molar-refractivity contribution in [2.24, 2.45) is 0 Å². The number of quaternary nitrogens is 1. The first-order valence-corrected chi connectivity index (χ1v) is 9.42. The van der Waals surface area contributed by atoms with Crippen molar-refractivity contribution in [1.29, 1.82) is 0 Å². The van der Waals surface area contributed by atoms with Crippen molar-refractivity contribution in [1.82, 2.24) is 14.9 Å². The van der Waals surface area contributed by atoms with Gasteiger partial charge in [-0.25, -0.2) is 9.97 Å². The third kappa shape index (κ3) is 3.42. The van der Waals surface area contributed by atoms with Crippen LogP contribution in [0.2, 0.25) is 0 Å². The summed E-state index contributed by atoms with van der Waals surface area (Å²) < 4.78 is 0. The van der Waals surface area contributed by atoms with E-state index in [0.29, 0.717) is 6.42 Å². The van der Waals surface area contributed by atoms with Gasteiger partial charge in [0.15, 0.2) is 0 Å². The third-order valence-corrected chi connectivity index (χ3v) is 5.66. The molecule has 2 atom stereocenters. The molecule has 0 bridgehead atoms. The van der Waals surface area contributed by atoms with Crippen molar-refractivity contribution in [2.45, 2.75) is 18.9 Å². The first-order valence-electron chi connectivity index (χ1n) is 9.42. The minimum atomic E-state index is 0.264. The number of amides is 1. The van der Waals surface area contributed by atoms with Crippen LogP contribution in [-0.2, 0) is 11.2 Å². The van der Waals surface area contributed by atoms with Gasteiger partial charge in [-0.2, -0.15) is 0 Å². The number of hydrogen-bond donors (Lipinski definition) is 1. The Labute approximate surface area is 154 Å². The van der Waals surface area contributed by atoms with Gasteiger partial charge in [-0.1, -0.05) is 24.3 Å². The van der Waals surface area contributed by atoms with Crippen molar-refractivity contribution in [3.05, 3.63) is 53.9 Å². The van der Waals surface area contributed by atoms with Crippen LogP contribution in [0.15, 0.2) is 42.7 Å². The quantitative estimate of drug-likeness (QED) is 0.865. The van der Waals surface area contributed by atoms with Crippen molar-refractivity contribution in [2.75, 3.05) is 44.7 Å². The van der Waals surface area contributed by atoms with Gasteiger partial charge in [-0.15, -0.1) is 0 Å². The molecule has 0 radical (unpaired) electrons. The summed E-state index contributed by atoms with van der Waals surface area (Å²) in [5.41, 5.74) is 2.75. The van der Waals surface area contributed by atoms with Gasteiger partial charge in [0.1, 0.15) is 6.04 Å². The Morgan fingerprint density at radius 2 is 1.85 bits per heavy atom. The van der Waals surface area contributed by atoms with Gasteiger partial charge < -0.3 is 14.7 Å². The van der Waals surface area contributed by atoms with Crippen LogP contribution in [-0.4, -0.2) is 60.5 Å². The number of carbonyl (C=O) groups is 1. The highest BCUT2D eigenvalue weighted by molar-refractivity contribution is 5.77. The molecule has 6 heteroatoms. The fourth-order valence-electron chi connectivity index (χ4n) is 4.07. The molecule has 0 aliphatic carbocycles. The SMILES string of the molecule is C[NH+]1CCc2ccccc2[C@H]1CC(=O)N1CCN(c2ncccn2)CC1. The van der Waals surface area contributed by atoms with Crippen LogP contribution in [0.3, 0.4) is 0 Å². The van der Waals surface area contributed by atoms with Crippen LogP contribution < -0.4 is 9.80 Å². The topological polar surface area (TPSA) is 53.8 Å². The third-order valence-electron chi connectivity index (χ3n) is 5.66. The van der Waals surface area contributed by atoms with Crippen LogP contribution in [0.4, 0.5) is 5.95 Å². The van der Waals surface area contributed by atoms with Gasteiger partial charge in [0.25, 0.3) is 0 Å². The highest BCUT2D eigenvalue weighted by Crippen LogP contribution is 2.23. The molecule has 1 N–H and O–H groups in total. The molecule has 1 unspecified atom stereocenters. The van der Waals surface area contributed by atoms with E-state index in [1.54, 1.807) is 12.4 Å². The molecular weight excluding hydrogens is 326 g/mol. The predicted molar refractivity (Wildman–Crippen MR) is 100 cm³/mol. The lowest BCUT2D eigenvalue weighted by Gasteiger charge is -2.36. The van der Waals surface area contributed by atoms with E-state index in [1.807, 2.05) is 11.0 Å². The normalized spacial score (nSPS) is 22.8. The molecule has 2 aromatic rings. The monoisotopic (exact) mass is 352 g/mol. The summed E-state index contributed by atoms with van der Waals surface area (Å²) in [7, 11) is 2.21. The average Bonchev–Trinajstić information content (AvgIpc) is 2.71. The molecule has 3 heterocycles. The average molecular weight is 352 g/mol. The van der Waals surface area contributed by atoms with E-state index in [2.05, 4.69) is 46.2 Å². The van der Waals surface area contributed by atoms with E-state index in [1.165, 1.54) is 16.0 Å². The van der Waals surface area contributed by atoms with Crippen LogP contribution in [0.1, 0.15) is 23.6 Å². The number of carbonyl (C=O) groups excluding carboxylic acids is 1. The van der Waals surface area contributed by atoms with Crippen molar-refractivity contribution >= 4 is 11.9 Å². The summed E-state index contributed by atoms with van der Waals surface area (Å²) in [6.45, 7) is 4.16. The standard InChI is InChI=1S/C20H25N5O/c1-23-10-7-16-5-2-3-6-17(16)18(23)15-19(26)24-11-13-25(14-12-24)20-21-8-4-9-22-20/h2-6,8-9,18H,7,10-15H2,1H3/p+1/t18-/m1/s1. The molecule has 1 aromatic carbocycles. The number of benzene rings is 1. The van der Waals surface area contributed by atoms with E-state index in [0.717, 1.165) is 45.1 Å². The van der Waals surface area contributed by atoms with E-state index in [9.17, 15) is 4.79 Å². The van der Waals surface area contributed by atoms with Gasteiger partial charge >= 0.3 is 0 Å². The zero-order chi connectivity index (χ0) is 17.9. The molecular formula is C20H26N5O+. The summed E-state index contributed by atoms with van der Waals surface area (Å²) in [5, 5.41) is 0. The van der Waals surface area contributed by atoms with Crippen molar-refractivity contribution < 1.29 is 9.69 Å².